The number of fused-ring (bicyclic) bond motifs is 1. The molecule has 0 fully saturated rings. The fourth-order valence-electron chi connectivity index (χ4n) is 2.21. The Bertz CT molecular complexity index is 956. The molecule has 0 unspecified atom stereocenters. The molecule has 1 N–H and O–H groups in total. The van der Waals surface area contributed by atoms with E-state index in [0.717, 1.165) is 0 Å². The first-order chi connectivity index (χ1) is 11.5. The topological polar surface area (TPSA) is 59.1 Å². The number of para-hydroxylation sites is 1. The molecular formula is C16H12F2N2O2S2. The lowest BCUT2D eigenvalue weighted by Crippen LogP contribution is -2.13. The van der Waals surface area contributed by atoms with Gasteiger partial charge in [0.1, 0.15) is 4.90 Å². The molecule has 2 aromatic carbocycles. The van der Waals surface area contributed by atoms with E-state index >= 15 is 0 Å². The number of halogens is 2. The number of anilines is 1. The van der Waals surface area contributed by atoms with Crippen LogP contribution in [0.1, 0.15) is 0 Å². The number of thioether (sulfide) groups is 1. The summed E-state index contributed by atoms with van der Waals surface area (Å²) in [5.74, 6) is -2.52. The first-order valence-corrected chi connectivity index (χ1v) is 9.23. The molecule has 0 aliphatic heterocycles. The molecule has 0 saturated carbocycles. The molecule has 0 aliphatic carbocycles. The number of nitrogens with one attached hydrogen (secondary N) is 1. The number of pyridine rings is 1. The molecule has 3 aromatic rings. The summed E-state index contributed by atoms with van der Waals surface area (Å²) in [5.41, 5.74) is 0.666. The smallest absolute Gasteiger partial charge is 0.280 e. The van der Waals surface area contributed by atoms with Gasteiger partial charge in [-0.05, 0) is 36.4 Å². The van der Waals surface area contributed by atoms with Crippen LogP contribution in [0, 0.1) is 0 Å². The van der Waals surface area contributed by atoms with Gasteiger partial charge in [0.05, 0.1) is 5.52 Å². The van der Waals surface area contributed by atoms with Crippen molar-refractivity contribution in [2.75, 3.05) is 4.72 Å². The van der Waals surface area contributed by atoms with Gasteiger partial charge in [-0.3, -0.25) is 9.71 Å². The van der Waals surface area contributed by atoms with Gasteiger partial charge in [-0.15, -0.1) is 0 Å². The minimum atomic E-state index is -3.84. The molecular weight excluding hydrogens is 354 g/mol. The second kappa shape index (κ2) is 6.74. The van der Waals surface area contributed by atoms with Gasteiger partial charge in [0.15, 0.2) is 0 Å². The minimum Gasteiger partial charge on any atom is -0.280 e. The van der Waals surface area contributed by atoms with Gasteiger partial charge in [0.2, 0.25) is 0 Å². The second-order valence-electron chi connectivity index (χ2n) is 4.84. The van der Waals surface area contributed by atoms with Gasteiger partial charge >= 0.3 is 0 Å². The molecule has 24 heavy (non-hydrogen) atoms. The van der Waals surface area contributed by atoms with Crippen LogP contribution in [0.15, 0.2) is 70.6 Å². The number of nitrogens with zero attached hydrogens (tertiary/aromatic N) is 1. The van der Waals surface area contributed by atoms with Crippen LogP contribution in [-0.2, 0) is 10.0 Å². The summed E-state index contributed by atoms with van der Waals surface area (Å²) in [6.07, 6.45) is 1.53. The molecule has 0 aliphatic rings. The van der Waals surface area contributed by atoms with Crippen molar-refractivity contribution in [2.45, 2.75) is 15.5 Å². The fraction of sp³-hybridized carbons (Fsp3) is 0.0625. The van der Waals surface area contributed by atoms with E-state index in [1.807, 2.05) is 0 Å². The van der Waals surface area contributed by atoms with Crippen LogP contribution in [0.5, 0.6) is 0 Å². The van der Waals surface area contributed by atoms with Crippen molar-refractivity contribution in [1.82, 2.24) is 4.98 Å². The normalized spacial score (nSPS) is 11.8. The lowest BCUT2D eigenvalue weighted by Gasteiger charge is -2.10. The number of aromatic nitrogens is 1. The predicted molar refractivity (Wildman–Crippen MR) is 90.9 cm³/mol. The molecule has 4 nitrogen and oxygen atoms in total. The average molecular weight is 366 g/mol. The number of rotatable bonds is 5. The third-order valence-electron chi connectivity index (χ3n) is 3.22. The number of sulfonamides is 1. The van der Waals surface area contributed by atoms with E-state index < -0.39 is 15.8 Å². The number of alkyl halides is 2. The van der Waals surface area contributed by atoms with E-state index in [1.54, 1.807) is 24.3 Å². The van der Waals surface area contributed by atoms with Crippen LogP contribution in [0.2, 0.25) is 0 Å². The Balaban J connectivity index is 1.91. The predicted octanol–water partition coefficient (Wildman–Crippen LogP) is 4.35. The SMILES string of the molecule is O=S(=O)(Nc1ccc(SC(F)F)cc1)c1cccc2cccnc12. The first kappa shape index (κ1) is 16.7. The average Bonchev–Trinajstić information content (AvgIpc) is 2.55. The second-order valence-corrected chi connectivity index (χ2v) is 7.55. The number of hydrogen-bond acceptors (Lipinski definition) is 4. The monoisotopic (exact) mass is 366 g/mol. The summed E-state index contributed by atoms with van der Waals surface area (Å²) in [4.78, 5) is 4.55. The van der Waals surface area contributed by atoms with Gasteiger partial charge < -0.3 is 0 Å². The van der Waals surface area contributed by atoms with Crippen LogP contribution in [0.3, 0.4) is 0 Å². The number of benzene rings is 2. The van der Waals surface area contributed by atoms with Gasteiger partial charge in [0, 0.05) is 22.2 Å². The summed E-state index contributed by atoms with van der Waals surface area (Å²) in [6.45, 7) is 0. The van der Waals surface area contributed by atoms with E-state index in [2.05, 4.69) is 9.71 Å². The Morgan fingerprint density at radius 2 is 1.71 bits per heavy atom. The Kier molecular flexibility index (Phi) is 4.68. The molecule has 1 aromatic heterocycles. The third-order valence-corrected chi connectivity index (χ3v) is 5.35. The Morgan fingerprint density at radius 1 is 1.00 bits per heavy atom. The van der Waals surface area contributed by atoms with E-state index in [-0.39, 0.29) is 4.90 Å². The highest BCUT2D eigenvalue weighted by Crippen LogP contribution is 2.27. The fourth-order valence-corrected chi connectivity index (χ4v) is 3.95. The lowest BCUT2D eigenvalue weighted by atomic mass is 10.2. The summed E-state index contributed by atoms with van der Waals surface area (Å²) in [5, 5.41) is 0.712. The molecule has 0 spiro atoms. The van der Waals surface area contributed by atoms with E-state index in [0.29, 0.717) is 33.2 Å². The molecule has 0 saturated heterocycles. The maximum absolute atomic E-state index is 12.6. The highest BCUT2D eigenvalue weighted by Gasteiger charge is 2.18. The van der Waals surface area contributed by atoms with Crippen LogP contribution in [0.4, 0.5) is 14.5 Å². The van der Waals surface area contributed by atoms with Crippen LogP contribution in [0.25, 0.3) is 10.9 Å². The zero-order valence-electron chi connectivity index (χ0n) is 12.2. The lowest BCUT2D eigenvalue weighted by molar-refractivity contribution is 0.252. The molecule has 0 bridgehead atoms. The summed E-state index contributed by atoms with van der Waals surface area (Å²) in [6, 6.07) is 14.2. The zero-order valence-corrected chi connectivity index (χ0v) is 13.8. The molecule has 0 amide bonds. The Hall–Kier alpha value is -2.19. The van der Waals surface area contributed by atoms with Gasteiger partial charge in [-0.25, -0.2) is 8.42 Å². The summed E-state index contributed by atoms with van der Waals surface area (Å²) >= 11 is 0.403. The zero-order chi connectivity index (χ0) is 17.2. The molecule has 124 valence electrons. The Labute approximate surface area is 142 Å². The van der Waals surface area contributed by atoms with E-state index in [4.69, 9.17) is 0 Å². The summed E-state index contributed by atoms with van der Waals surface area (Å²) in [7, 11) is -3.84. The quantitative estimate of drug-likeness (QED) is 0.682. The maximum atomic E-state index is 12.6. The van der Waals surface area contributed by atoms with Crippen LogP contribution >= 0.6 is 11.8 Å². The van der Waals surface area contributed by atoms with Crippen molar-refractivity contribution in [3.8, 4) is 0 Å². The summed E-state index contributed by atoms with van der Waals surface area (Å²) < 4.78 is 52.3. The minimum absolute atomic E-state index is 0.0617. The molecule has 0 atom stereocenters. The maximum Gasteiger partial charge on any atom is 0.288 e. The van der Waals surface area contributed by atoms with Crippen molar-refractivity contribution >= 4 is 38.4 Å². The van der Waals surface area contributed by atoms with Crippen molar-refractivity contribution < 1.29 is 17.2 Å². The Morgan fingerprint density at radius 3 is 2.42 bits per heavy atom. The van der Waals surface area contributed by atoms with Gasteiger partial charge in [-0.1, -0.05) is 30.0 Å². The van der Waals surface area contributed by atoms with Crippen LogP contribution in [-0.4, -0.2) is 19.2 Å². The first-order valence-electron chi connectivity index (χ1n) is 6.87. The molecule has 8 heteroatoms. The van der Waals surface area contributed by atoms with Crippen molar-refractivity contribution in [3.63, 3.8) is 0 Å². The molecule has 3 rings (SSSR count). The van der Waals surface area contributed by atoms with Crippen molar-refractivity contribution in [3.05, 3.63) is 60.8 Å². The molecule has 1 heterocycles. The van der Waals surface area contributed by atoms with Crippen molar-refractivity contribution in [1.29, 1.82) is 0 Å². The highest BCUT2D eigenvalue weighted by atomic mass is 32.2. The molecule has 0 radical (unpaired) electrons. The van der Waals surface area contributed by atoms with Crippen molar-refractivity contribution in [2.24, 2.45) is 0 Å². The van der Waals surface area contributed by atoms with Gasteiger partial charge in [0.25, 0.3) is 15.8 Å². The highest BCUT2D eigenvalue weighted by molar-refractivity contribution is 7.99. The largest absolute Gasteiger partial charge is 0.288 e. The van der Waals surface area contributed by atoms with E-state index in [9.17, 15) is 17.2 Å². The third kappa shape index (κ3) is 3.65. The van der Waals surface area contributed by atoms with Crippen LogP contribution < -0.4 is 4.72 Å². The standard InChI is InChI=1S/C16H12F2N2O2S2/c17-16(18)23-13-8-6-12(7-9-13)20-24(21,22)14-5-1-3-11-4-2-10-19-15(11)14/h1-10,16,20H. The van der Waals surface area contributed by atoms with E-state index in [1.165, 1.54) is 36.5 Å². The van der Waals surface area contributed by atoms with Gasteiger partial charge in [-0.2, -0.15) is 8.78 Å². The number of hydrogen-bond donors (Lipinski definition) is 1.